The zero-order valence-electron chi connectivity index (χ0n) is 22.8. The van der Waals surface area contributed by atoms with Gasteiger partial charge in [0.05, 0.1) is 17.2 Å². The molecule has 0 aliphatic heterocycles. The summed E-state index contributed by atoms with van der Waals surface area (Å²) in [5.74, 6) is -0.689. The van der Waals surface area contributed by atoms with Gasteiger partial charge in [0.2, 0.25) is 0 Å². The fourth-order valence-corrected chi connectivity index (χ4v) is 4.46. The van der Waals surface area contributed by atoms with Crippen molar-refractivity contribution in [2.24, 2.45) is 0 Å². The Kier molecular flexibility index (Phi) is 12.1. The molecule has 206 valence electrons. The summed E-state index contributed by atoms with van der Waals surface area (Å²) in [6.07, 6.45) is 14.5. The standard InChI is InChI=1S/C30H41N3O5/c1-3-5-7-9-11-16-20-32-23-25(28(34)33(30(32)36)21-17-12-10-8-6-4-2)26-22-27(38-31-26)37-29(35)24-18-14-13-15-19-24/h13-15,18-19,22-23H,3-12,16-17,20-21H2,1-2H3. The van der Waals surface area contributed by atoms with E-state index in [-0.39, 0.29) is 22.9 Å². The van der Waals surface area contributed by atoms with Crippen LogP contribution in [0.1, 0.15) is 101 Å². The highest BCUT2D eigenvalue weighted by Gasteiger charge is 2.19. The molecular formula is C30H41N3O5. The second-order valence-electron chi connectivity index (χ2n) is 9.80. The van der Waals surface area contributed by atoms with Gasteiger partial charge in [-0.2, -0.15) is 0 Å². The highest BCUT2D eigenvalue weighted by molar-refractivity contribution is 5.90. The summed E-state index contributed by atoms with van der Waals surface area (Å²) in [5, 5.41) is 3.99. The Bertz CT molecular complexity index is 1240. The number of aryl methyl sites for hydroxylation is 1. The van der Waals surface area contributed by atoms with E-state index in [1.807, 2.05) is 0 Å². The molecule has 0 fully saturated rings. The number of carbonyl (C=O) groups excluding carboxylic acids is 1. The minimum absolute atomic E-state index is 0.107. The molecule has 1 aromatic carbocycles. The van der Waals surface area contributed by atoms with Gasteiger partial charge in [-0.3, -0.25) is 13.9 Å². The highest BCUT2D eigenvalue weighted by atomic mass is 16.6. The number of ether oxygens (including phenoxy) is 1. The van der Waals surface area contributed by atoms with Crippen molar-refractivity contribution >= 4 is 5.97 Å². The number of aromatic nitrogens is 3. The van der Waals surface area contributed by atoms with Gasteiger partial charge >= 0.3 is 17.6 Å². The van der Waals surface area contributed by atoms with Gasteiger partial charge in [0, 0.05) is 19.3 Å². The smallest absolute Gasteiger partial charge is 0.345 e. The molecule has 0 bridgehead atoms. The summed E-state index contributed by atoms with van der Waals surface area (Å²) in [6, 6.07) is 9.98. The first-order chi connectivity index (χ1) is 18.5. The normalized spacial score (nSPS) is 11.1. The molecule has 0 amide bonds. The molecule has 0 aliphatic rings. The van der Waals surface area contributed by atoms with Crippen LogP contribution < -0.4 is 16.0 Å². The van der Waals surface area contributed by atoms with Crippen molar-refractivity contribution in [1.29, 1.82) is 0 Å². The topological polar surface area (TPSA) is 96.3 Å². The zero-order valence-corrected chi connectivity index (χ0v) is 22.8. The summed E-state index contributed by atoms with van der Waals surface area (Å²) in [5.41, 5.74) is 0.169. The summed E-state index contributed by atoms with van der Waals surface area (Å²) < 4.78 is 13.4. The molecule has 3 rings (SSSR count). The molecule has 0 aliphatic carbocycles. The lowest BCUT2D eigenvalue weighted by molar-refractivity contribution is 0.0680. The van der Waals surface area contributed by atoms with Gasteiger partial charge in [-0.15, -0.1) is 0 Å². The maximum absolute atomic E-state index is 13.4. The zero-order chi connectivity index (χ0) is 27.2. The predicted molar refractivity (Wildman–Crippen MR) is 149 cm³/mol. The van der Waals surface area contributed by atoms with Crippen LogP contribution in [0.15, 0.2) is 56.7 Å². The molecule has 3 aromatic rings. The molecule has 0 N–H and O–H groups in total. The van der Waals surface area contributed by atoms with Crippen molar-refractivity contribution in [3.8, 4) is 17.2 Å². The van der Waals surface area contributed by atoms with Gasteiger partial charge in [0.1, 0.15) is 5.69 Å². The number of hydrogen-bond donors (Lipinski definition) is 0. The van der Waals surface area contributed by atoms with E-state index in [0.29, 0.717) is 18.7 Å². The number of hydrogen-bond acceptors (Lipinski definition) is 6. The van der Waals surface area contributed by atoms with E-state index in [1.165, 1.54) is 42.7 Å². The lowest BCUT2D eigenvalue weighted by atomic mass is 10.1. The van der Waals surface area contributed by atoms with Crippen LogP contribution in [0.4, 0.5) is 0 Å². The fraction of sp³-hybridized carbons (Fsp3) is 0.533. The van der Waals surface area contributed by atoms with Crippen LogP contribution in [0.2, 0.25) is 0 Å². The third kappa shape index (κ3) is 8.57. The van der Waals surface area contributed by atoms with E-state index in [2.05, 4.69) is 19.0 Å². The van der Waals surface area contributed by atoms with Crippen molar-refractivity contribution in [2.45, 2.75) is 104 Å². The molecule has 0 saturated heterocycles. The Morgan fingerprint density at radius 3 is 2.11 bits per heavy atom. The minimum Gasteiger partial charge on any atom is -0.387 e. The number of nitrogens with zero attached hydrogens (tertiary/aromatic N) is 3. The van der Waals surface area contributed by atoms with E-state index in [9.17, 15) is 14.4 Å². The van der Waals surface area contributed by atoms with Crippen LogP contribution in [0.5, 0.6) is 5.95 Å². The second kappa shape index (κ2) is 15.7. The monoisotopic (exact) mass is 523 g/mol. The maximum atomic E-state index is 13.4. The average molecular weight is 524 g/mol. The van der Waals surface area contributed by atoms with Gasteiger partial charge in [-0.25, -0.2) is 9.59 Å². The first-order valence-electron chi connectivity index (χ1n) is 14.1. The van der Waals surface area contributed by atoms with Crippen molar-refractivity contribution in [3.63, 3.8) is 0 Å². The first-order valence-corrected chi connectivity index (χ1v) is 14.1. The molecule has 38 heavy (non-hydrogen) atoms. The third-order valence-electron chi connectivity index (χ3n) is 6.69. The van der Waals surface area contributed by atoms with Crippen molar-refractivity contribution < 1.29 is 14.1 Å². The Balaban J connectivity index is 1.79. The number of unbranched alkanes of at least 4 members (excludes halogenated alkanes) is 10. The third-order valence-corrected chi connectivity index (χ3v) is 6.69. The van der Waals surface area contributed by atoms with Gasteiger partial charge in [0.25, 0.3) is 5.56 Å². The van der Waals surface area contributed by atoms with E-state index in [0.717, 1.165) is 44.9 Å². The van der Waals surface area contributed by atoms with Crippen molar-refractivity contribution in [3.05, 3.63) is 69.0 Å². The molecular weight excluding hydrogens is 482 g/mol. The van der Waals surface area contributed by atoms with Crippen molar-refractivity contribution in [2.75, 3.05) is 0 Å². The summed E-state index contributed by atoms with van der Waals surface area (Å²) in [6.45, 7) is 5.26. The van der Waals surface area contributed by atoms with Gasteiger partial charge in [-0.05, 0) is 25.0 Å². The van der Waals surface area contributed by atoms with E-state index in [1.54, 1.807) is 41.1 Å². The number of esters is 1. The Labute approximate surface area is 224 Å². The molecule has 0 atom stereocenters. The summed E-state index contributed by atoms with van der Waals surface area (Å²) in [4.78, 5) is 39.0. The highest BCUT2D eigenvalue weighted by Crippen LogP contribution is 2.21. The Morgan fingerprint density at radius 2 is 1.45 bits per heavy atom. The largest absolute Gasteiger partial charge is 0.387 e. The lowest BCUT2D eigenvalue weighted by Gasteiger charge is -2.12. The number of rotatable bonds is 17. The SMILES string of the molecule is CCCCCCCCn1cc(-c2cc(OC(=O)c3ccccc3)on2)c(=O)n(CCCCCCCC)c1=O. The Hall–Kier alpha value is -3.42. The molecule has 8 nitrogen and oxygen atoms in total. The van der Waals surface area contributed by atoms with Crippen LogP contribution in [-0.4, -0.2) is 20.3 Å². The fourth-order valence-electron chi connectivity index (χ4n) is 4.46. The van der Waals surface area contributed by atoms with Gasteiger partial charge < -0.3 is 9.26 Å². The van der Waals surface area contributed by atoms with Crippen molar-refractivity contribution in [1.82, 2.24) is 14.3 Å². The maximum Gasteiger partial charge on any atom is 0.345 e. The van der Waals surface area contributed by atoms with Gasteiger partial charge in [0.15, 0.2) is 0 Å². The van der Waals surface area contributed by atoms with Gasteiger partial charge in [-0.1, -0.05) is 101 Å². The second-order valence-corrected chi connectivity index (χ2v) is 9.80. The molecule has 0 radical (unpaired) electrons. The average Bonchev–Trinajstić information content (AvgIpc) is 3.39. The van der Waals surface area contributed by atoms with Crippen LogP contribution in [0, 0.1) is 0 Å². The molecule has 8 heteroatoms. The predicted octanol–water partition coefficient (Wildman–Crippen LogP) is 6.61. The summed E-state index contributed by atoms with van der Waals surface area (Å²) in [7, 11) is 0. The van der Waals surface area contributed by atoms with Crippen LogP contribution in [0.25, 0.3) is 11.3 Å². The molecule has 0 unspecified atom stereocenters. The number of carbonyl (C=O) groups is 1. The quantitative estimate of drug-likeness (QED) is 0.146. The molecule has 0 saturated carbocycles. The van der Waals surface area contributed by atoms with Crippen LogP contribution >= 0.6 is 0 Å². The van der Waals surface area contributed by atoms with Crippen LogP contribution in [0.3, 0.4) is 0 Å². The Morgan fingerprint density at radius 1 is 0.842 bits per heavy atom. The first kappa shape index (κ1) is 29.1. The summed E-state index contributed by atoms with van der Waals surface area (Å²) >= 11 is 0. The van der Waals surface area contributed by atoms with Crippen LogP contribution in [-0.2, 0) is 13.1 Å². The van der Waals surface area contributed by atoms with E-state index in [4.69, 9.17) is 9.26 Å². The lowest BCUT2D eigenvalue weighted by Crippen LogP contribution is -2.40. The molecule has 2 heterocycles. The minimum atomic E-state index is -0.582. The van der Waals surface area contributed by atoms with E-state index < -0.39 is 11.5 Å². The number of benzene rings is 1. The van der Waals surface area contributed by atoms with E-state index >= 15 is 0 Å². The molecule has 2 aromatic heterocycles. The molecule has 0 spiro atoms.